The van der Waals surface area contributed by atoms with Crippen LogP contribution in [0.1, 0.15) is 33.6 Å². The monoisotopic (exact) mass is 392 g/mol. The van der Waals surface area contributed by atoms with Crippen LogP contribution in [-0.4, -0.2) is 58.0 Å². The molecule has 1 unspecified atom stereocenters. The lowest BCUT2D eigenvalue weighted by Gasteiger charge is -2.24. The van der Waals surface area contributed by atoms with E-state index in [0.29, 0.717) is 19.4 Å². The molecule has 8 nitrogen and oxygen atoms in total. The Balaban J connectivity index is 0.00000312. The highest BCUT2D eigenvalue weighted by Crippen LogP contribution is 2.29. The third-order valence-electron chi connectivity index (χ3n) is 3.99. The molecule has 10 heteroatoms. The zero-order valence-corrected chi connectivity index (χ0v) is 15.6. The first-order valence-corrected chi connectivity index (χ1v) is 8.83. The fraction of sp³-hybridized carbons (Fsp3) is 0.467. The van der Waals surface area contributed by atoms with Gasteiger partial charge in [0.25, 0.3) is 0 Å². The summed E-state index contributed by atoms with van der Waals surface area (Å²) in [6.45, 7) is 0.497. The Bertz CT molecular complexity index is 752. The van der Waals surface area contributed by atoms with Crippen molar-refractivity contribution in [3.8, 4) is 0 Å². The van der Waals surface area contributed by atoms with Crippen molar-refractivity contribution in [1.82, 2.24) is 4.31 Å². The molecular formula is C15H21ClN2O6S. The first kappa shape index (κ1) is 21.4. The standard InChI is InChI=1S/C15H20N2O6S.ClH/c1-22-14(18)10-5-6-12(15(19)23-2)13(8-10)24(20,21)17-7-3-4-11(17)9-16;/h5-6,8,11H,3-4,7,9,16H2,1-2H3;1H. The van der Waals surface area contributed by atoms with Crippen LogP contribution in [0.2, 0.25) is 0 Å². The Morgan fingerprint density at radius 3 is 2.44 bits per heavy atom. The normalized spacial score (nSPS) is 17.6. The number of ether oxygens (including phenoxy) is 2. The Hall–Kier alpha value is -1.68. The molecule has 140 valence electrons. The lowest BCUT2D eigenvalue weighted by molar-refractivity contribution is 0.0583. The number of sulfonamides is 1. The van der Waals surface area contributed by atoms with Crippen LogP contribution in [-0.2, 0) is 19.5 Å². The van der Waals surface area contributed by atoms with Crippen LogP contribution in [0.4, 0.5) is 0 Å². The molecule has 2 N–H and O–H groups in total. The summed E-state index contributed by atoms with van der Waals surface area (Å²) in [7, 11) is -1.66. The Morgan fingerprint density at radius 2 is 1.88 bits per heavy atom. The summed E-state index contributed by atoms with van der Waals surface area (Å²) in [5.41, 5.74) is 5.55. The van der Waals surface area contributed by atoms with E-state index in [0.717, 1.165) is 13.2 Å². The van der Waals surface area contributed by atoms with Crippen molar-refractivity contribution in [3.05, 3.63) is 29.3 Å². The molecule has 0 radical (unpaired) electrons. The minimum Gasteiger partial charge on any atom is -0.465 e. The summed E-state index contributed by atoms with van der Waals surface area (Å²) in [4.78, 5) is 23.4. The van der Waals surface area contributed by atoms with E-state index in [1.165, 1.54) is 23.5 Å². The topological polar surface area (TPSA) is 116 Å². The third-order valence-corrected chi connectivity index (χ3v) is 5.98. The summed E-state index contributed by atoms with van der Waals surface area (Å²) < 4.78 is 36.6. The SMILES string of the molecule is COC(=O)c1ccc(C(=O)OC)c(S(=O)(=O)N2CCCC2CN)c1.Cl. The number of methoxy groups -OCH3 is 2. The summed E-state index contributed by atoms with van der Waals surface area (Å²) >= 11 is 0. The summed E-state index contributed by atoms with van der Waals surface area (Å²) in [5, 5.41) is 0. The molecule has 1 aromatic rings. The highest BCUT2D eigenvalue weighted by Gasteiger charge is 2.37. The van der Waals surface area contributed by atoms with Crippen LogP contribution in [0.5, 0.6) is 0 Å². The first-order valence-electron chi connectivity index (χ1n) is 7.39. The van der Waals surface area contributed by atoms with E-state index in [1.54, 1.807) is 0 Å². The van der Waals surface area contributed by atoms with Gasteiger partial charge >= 0.3 is 11.9 Å². The van der Waals surface area contributed by atoms with Crippen LogP contribution in [0.25, 0.3) is 0 Å². The van der Waals surface area contributed by atoms with Gasteiger partial charge in [-0.2, -0.15) is 4.31 Å². The summed E-state index contributed by atoms with van der Waals surface area (Å²) in [6.07, 6.45) is 1.34. The second kappa shape index (κ2) is 8.61. The van der Waals surface area contributed by atoms with Gasteiger partial charge in [-0.3, -0.25) is 0 Å². The molecule has 2 rings (SSSR count). The molecule has 1 fully saturated rings. The fourth-order valence-electron chi connectivity index (χ4n) is 2.75. The van der Waals surface area contributed by atoms with Gasteiger partial charge in [-0.15, -0.1) is 12.4 Å². The highest BCUT2D eigenvalue weighted by molar-refractivity contribution is 7.89. The molecule has 1 aliphatic heterocycles. The highest BCUT2D eigenvalue weighted by atomic mass is 35.5. The maximum atomic E-state index is 13.0. The number of halogens is 1. The molecule has 0 aliphatic carbocycles. The van der Waals surface area contributed by atoms with E-state index >= 15 is 0 Å². The van der Waals surface area contributed by atoms with E-state index in [4.69, 9.17) is 5.73 Å². The lowest BCUT2D eigenvalue weighted by atomic mass is 10.1. The van der Waals surface area contributed by atoms with Crippen LogP contribution >= 0.6 is 12.4 Å². The van der Waals surface area contributed by atoms with E-state index < -0.39 is 22.0 Å². The summed E-state index contributed by atoms with van der Waals surface area (Å²) in [5.74, 6) is -1.49. The van der Waals surface area contributed by atoms with Crippen molar-refractivity contribution in [2.24, 2.45) is 5.73 Å². The molecule has 0 amide bonds. The van der Waals surface area contributed by atoms with Crippen molar-refractivity contribution in [3.63, 3.8) is 0 Å². The number of nitrogens with two attached hydrogens (primary N) is 1. The molecule has 1 aromatic carbocycles. The second-order valence-corrected chi connectivity index (χ2v) is 7.20. The van der Waals surface area contributed by atoms with Crippen molar-refractivity contribution in [1.29, 1.82) is 0 Å². The fourth-order valence-corrected chi connectivity index (χ4v) is 4.66. The number of carbonyl (C=O) groups is 2. The van der Waals surface area contributed by atoms with Gasteiger partial charge < -0.3 is 15.2 Å². The van der Waals surface area contributed by atoms with Crippen LogP contribution in [0, 0.1) is 0 Å². The number of hydrogen-bond acceptors (Lipinski definition) is 7. The molecule has 0 saturated carbocycles. The lowest BCUT2D eigenvalue weighted by Crippen LogP contribution is -2.40. The molecule has 1 atom stereocenters. The maximum absolute atomic E-state index is 13.0. The summed E-state index contributed by atoms with van der Waals surface area (Å²) in [6, 6.07) is 3.38. The Morgan fingerprint density at radius 1 is 1.24 bits per heavy atom. The maximum Gasteiger partial charge on any atom is 0.339 e. The third kappa shape index (κ3) is 4.12. The van der Waals surface area contributed by atoms with Gasteiger partial charge in [0.1, 0.15) is 0 Å². The van der Waals surface area contributed by atoms with Crippen molar-refractivity contribution < 1.29 is 27.5 Å². The molecule has 1 heterocycles. The van der Waals surface area contributed by atoms with Crippen LogP contribution in [0.15, 0.2) is 23.1 Å². The van der Waals surface area contributed by atoms with Gasteiger partial charge in [-0.05, 0) is 31.0 Å². The molecule has 1 aliphatic rings. The average Bonchev–Trinajstić information content (AvgIpc) is 3.09. The van der Waals surface area contributed by atoms with Crippen molar-refractivity contribution in [2.45, 2.75) is 23.8 Å². The largest absolute Gasteiger partial charge is 0.465 e. The molecule has 1 saturated heterocycles. The van der Waals surface area contributed by atoms with Gasteiger partial charge in [0.15, 0.2) is 0 Å². The Labute approximate surface area is 152 Å². The second-order valence-electron chi connectivity index (χ2n) is 5.34. The van der Waals surface area contributed by atoms with E-state index in [2.05, 4.69) is 9.47 Å². The molecule has 25 heavy (non-hydrogen) atoms. The van der Waals surface area contributed by atoms with Gasteiger partial charge in [0.05, 0.1) is 30.2 Å². The molecular weight excluding hydrogens is 372 g/mol. The number of rotatable bonds is 5. The van der Waals surface area contributed by atoms with Gasteiger partial charge in [0.2, 0.25) is 10.0 Å². The van der Waals surface area contributed by atoms with Crippen LogP contribution < -0.4 is 5.73 Å². The molecule has 0 aromatic heterocycles. The zero-order valence-electron chi connectivity index (χ0n) is 13.9. The van der Waals surface area contributed by atoms with Crippen LogP contribution in [0.3, 0.4) is 0 Å². The minimum absolute atomic E-state index is 0. The predicted octanol–water partition coefficient (Wildman–Crippen LogP) is 0.793. The minimum atomic E-state index is -4.01. The Kier molecular flexibility index (Phi) is 7.36. The molecule has 0 bridgehead atoms. The van der Waals surface area contributed by atoms with E-state index in [1.807, 2.05) is 0 Å². The predicted molar refractivity (Wildman–Crippen MR) is 92.3 cm³/mol. The van der Waals surface area contributed by atoms with E-state index in [9.17, 15) is 18.0 Å². The number of esters is 2. The van der Waals surface area contributed by atoms with Crippen molar-refractivity contribution >= 4 is 34.4 Å². The molecule has 0 spiro atoms. The zero-order chi connectivity index (χ0) is 17.9. The van der Waals surface area contributed by atoms with Gasteiger partial charge in [0, 0.05) is 19.1 Å². The number of carbonyl (C=O) groups excluding carboxylic acids is 2. The smallest absolute Gasteiger partial charge is 0.339 e. The van der Waals surface area contributed by atoms with Crippen molar-refractivity contribution in [2.75, 3.05) is 27.3 Å². The quantitative estimate of drug-likeness (QED) is 0.736. The van der Waals surface area contributed by atoms with E-state index in [-0.39, 0.29) is 41.0 Å². The average molecular weight is 393 g/mol. The van der Waals surface area contributed by atoms with Gasteiger partial charge in [-0.1, -0.05) is 0 Å². The number of benzene rings is 1. The number of hydrogen-bond donors (Lipinski definition) is 1. The first-order chi connectivity index (χ1) is 11.4. The number of nitrogens with zero attached hydrogens (tertiary/aromatic N) is 1. The van der Waals surface area contributed by atoms with Gasteiger partial charge in [-0.25, -0.2) is 18.0 Å².